The van der Waals surface area contributed by atoms with Crippen LogP contribution in [0.2, 0.25) is 0 Å². The molecular weight excluding hydrogens is 80.0 g/mol. The molecule has 0 bridgehead atoms. The topological polar surface area (TPSA) is 58.6 Å². The third kappa shape index (κ3) is 1.72. The van der Waals surface area contributed by atoms with Gasteiger partial charge in [-0.15, -0.1) is 0 Å². The summed E-state index contributed by atoms with van der Waals surface area (Å²) in [4.78, 5) is 0. The van der Waals surface area contributed by atoms with E-state index in [-0.39, 0.29) is 6.61 Å². The molecule has 36 valence electrons. The number of nitrogens with zero attached hydrogens (tertiary/aromatic N) is 1. The Kier molecular flexibility index (Phi) is 2.40. The summed E-state index contributed by atoms with van der Waals surface area (Å²) in [5, 5.41) is 11.3. The smallest absolute Gasteiger partial charge is 0.0828 e. The van der Waals surface area contributed by atoms with E-state index in [1.54, 1.807) is 6.92 Å². The fourth-order valence-corrected chi connectivity index (χ4v) is 0.0408. The van der Waals surface area contributed by atoms with Crippen LogP contribution in [0, 0.1) is 0 Å². The molecule has 0 aliphatic heterocycles. The molecule has 0 saturated carbocycles. The minimum absolute atomic E-state index is 0.0451. The highest BCUT2D eigenvalue weighted by Gasteiger charge is 1.77. The van der Waals surface area contributed by atoms with E-state index >= 15 is 0 Å². The Balaban J connectivity index is 3.22. The van der Waals surface area contributed by atoms with E-state index in [4.69, 9.17) is 10.9 Å². The third-order valence-electron chi connectivity index (χ3n) is 0.449. The number of aliphatic hydroxyl groups is 1. The fraction of sp³-hybridized carbons (Fsp3) is 0.667. The van der Waals surface area contributed by atoms with E-state index in [1.807, 2.05) is 0 Å². The Morgan fingerprint density at radius 3 is 2.50 bits per heavy atom. The van der Waals surface area contributed by atoms with E-state index in [1.165, 1.54) is 0 Å². The number of hydrogen-bond acceptors (Lipinski definition) is 3. The third-order valence-corrected chi connectivity index (χ3v) is 0.449. The molecule has 0 heterocycles. The number of hydrazone groups is 1. The average molecular weight is 88.1 g/mol. The molecule has 3 N–H and O–H groups in total. The second-order valence-corrected chi connectivity index (χ2v) is 1.02. The lowest BCUT2D eigenvalue weighted by Crippen LogP contribution is -2.00. The van der Waals surface area contributed by atoms with Gasteiger partial charge in [-0.25, -0.2) is 0 Å². The molecule has 0 aromatic rings. The van der Waals surface area contributed by atoms with Crippen LogP contribution in [-0.2, 0) is 0 Å². The molecule has 0 saturated heterocycles. The molecule has 0 aromatic heterocycles. The highest BCUT2D eigenvalue weighted by atomic mass is 16.3. The van der Waals surface area contributed by atoms with Crippen molar-refractivity contribution >= 4 is 5.71 Å². The van der Waals surface area contributed by atoms with E-state index in [2.05, 4.69) is 5.10 Å². The lowest BCUT2D eigenvalue weighted by molar-refractivity contribution is 0.356. The lowest BCUT2D eigenvalue weighted by atomic mass is 10.5. The fourth-order valence-electron chi connectivity index (χ4n) is 0.0408. The second kappa shape index (κ2) is 2.66. The highest BCUT2D eigenvalue weighted by Crippen LogP contribution is 1.63. The first-order chi connectivity index (χ1) is 2.81. The van der Waals surface area contributed by atoms with Crippen molar-refractivity contribution in [3.05, 3.63) is 0 Å². The summed E-state index contributed by atoms with van der Waals surface area (Å²) in [6, 6.07) is 0. The van der Waals surface area contributed by atoms with Crippen molar-refractivity contribution < 1.29 is 5.11 Å². The Labute approximate surface area is 36.5 Å². The van der Waals surface area contributed by atoms with Crippen LogP contribution in [0.15, 0.2) is 5.10 Å². The lowest BCUT2D eigenvalue weighted by Gasteiger charge is -1.83. The van der Waals surface area contributed by atoms with Crippen LogP contribution in [0.4, 0.5) is 0 Å². The van der Waals surface area contributed by atoms with Gasteiger partial charge in [0.05, 0.1) is 12.3 Å². The van der Waals surface area contributed by atoms with Crippen LogP contribution in [-0.4, -0.2) is 17.4 Å². The van der Waals surface area contributed by atoms with E-state index in [0.29, 0.717) is 5.71 Å². The maximum Gasteiger partial charge on any atom is 0.0828 e. The van der Waals surface area contributed by atoms with Gasteiger partial charge in [-0.05, 0) is 6.92 Å². The quantitative estimate of drug-likeness (QED) is 0.253. The van der Waals surface area contributed by atoms with E-state index in [0.717, 1.165) is 0 Å². The summed E-state index contributed by atoms with van der Waals surface area (Å²) in [5.41, 5.74) is 0.551. The molecular formula is C3H8N2O. The summed E-state index contributed by atoms with van der Waals surface area (Å²) >= 11 is 0. The van der Waals surface area contributed by atoms with E-state index in [9.17, 15) is 0 Å². The minimum Gasteiger partial charge on any atom is -0.390 e. The molecule has 0 spiro atoms. The van der Waals surface area contributed by atoms with Gasteiger partial charge in [0.15, 0.2) is 0 Å². The Morgan fingerprint density at radius 1 is 2.00 bits per heavy atom. The zero-order chi connectivity index (χ0) is 4.99. The SMILES string of the molecule is CC(CO)=NN. The molecule has 3 nitrogen and oxygen atoms in total. The van der Waals surface area contributed by atoms with Crippen LogP contribution in [0.3, 0.4) is 0 Å². The summed E-state index contributed by atoms with van der Waals surface area (Å²) in [6.45, 7) is 1.61. The average Bonchev–Trinajstić information content (AvgIpc) is 1.65. The molecule has 0 radical (unpaired) electrons. The molecule has 0 fully saturated rings. The van der Waals surface area contributed by atoms with Gasteiger partial charge in [-0.1, -0.05) is 0 Å². The first-order valence-corrected chi connectivity index (χ1v) is 1.65. The summed E-state index contributed by atoms with van der Waals surface area (Å²) < 4.78 is 0. The first kappa shape index (κ1) is 5.43. The molecule has 3 heteroatoms. The Bertz CT molecular complexity index is 59.8. The molecule has 0 unspecified atom stereocenters. The van der Waals surface area contributed by atoms with Gasteiger partial charge in [0, 0.05) is 0 Å². The molecule has 0 aromatic carbocycles. The van der Waals surface area contributed by atoms with Gasteiger partial charge < -0.3 is 10.9 Å². The normalized spacial score (nSPS) is 12.0. The van der Waals surface area contributed by atoms with Gasteiger partial charge in [0.2, 0.25) is 0 Å². The predicted octanol–water partition coefficient (Wildman–Crippen LogP) is -0.687. The highest BCUT2D eigenvalue weighted by molar-refractivity contribution is 5.82. The van der Waals surface area contributed by atoms with Crippen LogP contribution in [0.1, 0.15) is 6.92 Å². The molecule has 0 rings (SSSR count). The van der Waals surface area contributed by atoms with Crippen molar-refractivity contribution in [1.82, 2.24) is 0 Å². The predicted molar refractivity (Wildman–Crippen MR) is 24.4 cm³/mol. The zero-order valence-corrected chi connectivity index (χ0v) is 3.68. The van der Waals surface area contributed by atoms with Gasteiger partial charge in [-0.2, -0.15) is 5.10 Å². The van der Waals surface area contributed by atoms with E-state index < -0.39 is 0 Å². The van der Waals surface area contributed by atoms with Crippen LogP contribution < -0.4 is 5.84 Å². The number of nitrogens with two attached hydrogens (primary N) is 1. The summed E-state index contributed by atoms with van der Waals surface area (Å²) in [7, 11) is 0. The second-order valence-electron chi connectivity index (χ2n) is 1.02. The van der Waals surface area contributed by atoms with Crippen LogP contribution in [0.25, 0.3) is 0 Å². The van der Waals surface area contributed by atoms with Gasteiger partial charge >= 0.3 is 0 Å². The monoisotopic (exact) mass is 88.1 g/mol. The number of rotatable bonds is 1. The largest absolute Gasteiger partial charge is 0.390 e. The molecule has 6 heavy (non-hydrogen) atoms. The molecule has 0 aliphatic rings. The Morgan fingerprint density at radius 2 is 2.50 bits per heavy atom. The first-order valence-electron chi connectivity index (χ1n) is 1.65. The molecule has 0 atom stereocenters. The van der Waals surface area contributed by atoms with Crippen molar-refractivity contribution in [2.24, 2.45) is 10.9 Å². The maximum atomic E-state index is 8.12. The Hall–Kier alpha value is -0.570. The van der Waals surface area contributed by atoms with Crippen molar-refractivity contribution in [3.8, 4) is 0 Å². The van der Waals surface area contributed by atoms with Crippen molar-refractivity contribution in [2.45, 2.75) is 6.92 Å². The van der Waals surface area contributed by atoms with Crippen LogP contribution >= 0.6 is 0 Å². The summed E-state index contributed by atoms with van der Waals surface area (Å²) in [5.74, 6) is 4.71. The minimum atomic E-state index is -0.0451. The van der Waals surface area contributed by atoms with Gasteiger partial charge in [0.25, 0.3) is 0 Å². The van der Waals surface area contributed by atoms with Crippen molar-refractivity contribution in [3.63, 3.8) is 0 Å². The van der Waals surface area contributed by atoms with Crippen molar-refractivity contribution in [1.29, 1.82) is 0 Å². The number of aliphatic hydroxyl groups excluding tert-OH is 1. The molecule has 0 aliphatic carbocycles. The van der Waals surface area contributed by atoms with Crippen LogP contribution in [0.5, 0.6) is 0 Å². The maximum absolute atomic E-state index is 8.12. The zero-order valence-electron chi connectivity index (χ0n) is 3.68. The van der Waals surface area contributed by atoms with Gasteiger partial charge in [-0.3, -0.25) is 0 Å². The van der Waals surface area contributed by atoms with Gasteiger partial charge in [0.1, 0.15) is 0 Å². The summed E-state index contributed by atoms with van der Waals surface area (Å²) in [6.07, 6.45) is 0. The van der Waals surface area contributed by atoms with Crippen molar-refractivity contribution in [2.75, 3.05) is 6.61 Å². The number of hydrogen-bond donors (Lipinski definition) is 2. The molecule has 0 amide bonds. The standard InChI is InChI=1S/C3H8N2O/c1-3(2-6)5-4/h6H,2,4H2,1H3.